The Labute approximate surface area is 128 Å². The van der Waals surface area contributed by atoms with E-state index in [0.717, 1.165) is 19.0 Å². The first-order valence-corrected chi connectivity index (χ1v) is 8.94. The highest BCUT2D eigenvalue weighted by Crippen LogP contribution is 2.36. The lowest BCUT2D eigenvalue weighted by atomic mass is 9.86. The van der Waals surface area contributed by atoms with Crippen LogP contribution in [-0.4, -0.2) is 23.0 Å². The molecule has 1 heterocycles. The molecule has 2 nitrogen and oxygen atoms in total. The van der Waals surface area contributed by atoms with Crippen LogP contribution in [0.1, 0.15) is 57.8 Å². The second-order valence-corrected chi connectivity index (χ2v) is 7.80. The van der Waals surface area contributed by atoms with Gasteiger partial charge in [0.1, 0.15) is 0 Å². The zero-order valence-corrected chi connectivity index (χ0v) is 14.1. The standard InChI is InChI=1S/C17H30N2S/c1-14(2)19(12-16-7-5-11-20-16)17(13-18)9-4-6-15(3)8-10-17/h5,7,11,14-15H,4,6,8-10,12-13,18H2,1-3H3. The molecule has 0 saturated heterocycles. The molecule has 114 valence electrons. The molecule has 1 aliphatic carbocycles. The summed E-state index contributed by atoms with van der Waals surface area (Å²) in [6.45, 7) is 8.88. The van der Waals surface area contributed by atoms with E-state index in [1.54, 1.807) is 0 Å². The fraction of sp³-hybridized carbons (Fsp3) is 0.765. The van der Waals surface area contributed by atoms with Gasteiger partial charge in [0.2, 0.25) is 0 Å². The van der Waals surface area contributed by atoms with E-state index in [-0.39, 0.29) is 5.54 Å². The Hall–Kier alpha value is -0.380. The molecule has 2 N–H and O–H groups in total. The van der Waals surface area contributed by atoms with E-state index in [1.165, 1.54) is 37.0 Å². The summed E-state index contributed by atoms with van der Waals surface area (Å²) >= 11 is 1.87. The molecule has 3 heteroatoms. The maximum absolute atomic E-state index is 6.28. The van der Waals surface area contributed by atoms with Gasteiger partial charge >= 0.3 is 0 Å². The largest absolute Gasteiger partial charge is 0.329 e. The van der Waals surface area contributed by atoms with Gasteiger partial charge in [0, 0.05) is 29.5 Å². The third kappa shape index (κ3) is 3.63. The lowest BCUT2D eigenvalue weighted by Crippen LogP contribution is -2.55. The van der Waals surface area contributed by atoms with Crippen LogP contribution in [0.25, 0.3) is 0 Å². The van der Waals surface area contributed by atoms with Gasteiger partial charge in [-0.25, -0.2) is 0 Å². The van der Waals surface area contributed by atoms with Crippen molar-refractivity contribution < 1.29 is 0 Å². The van der Waals surface area contributed by atoms with Crippen LogP contribution in [0.4, 0.5) is 0 Å². The molecule has 20 heavy (non-hydrogen) atoms. The Morgan fingerprint density at radius 2 is 2.20 bits per heavy atom. The lowest BCUT2D eigenvalue weighted by Gasteiger charge is -2.45. The second-order valence-electron chi connectivity index (χ2n) is 6.77. The molecule has 0 amide bonds. The molecular weight excluding hydrogens is 264 g/mol. The minimum atomic E-state index is 0.211. The van der Waals surface area contributed by atoms with Crippen LogP contribution in [0.5, 0.6) is 0 Å². The fourth-order valence-electron chi connectivity index (χ4n) is 3.64. The molecule has 0 bridgehead atoms. The van der Waals surface area contributed by atoms with Gasteiger partial charge in [0.25, 0.3) is 0 Å². The van der Waals surface area contributed by atoms with E-state index < -0.39 is 0 Å². The van der Waals surface area contributed by atoms with E-state index in [4.69, 9.17) is 5.73 Å². The summed E-state index contributed by atoms with van der Waals surface area (Å²) in [5, 5.41) is 2.18. The quantitative estimate of drug-likeness (QED) is 0.822. The van der Waals surface area contributed by atoms with E-state index in [1.807, 2.05) is 11.3 Å². The van der Waals surface area contributed by atoms with Crippen molar-refractivity contribution in [3.63, 3.8) is 0 Å². The molecule has 0 aliphatic heterocycles. The summed E-state index contributed by atoms with van der Waals surface area (Å²) in [6.07, 6.45) is 6.54. The smallest absolute Gasteiger partial charge is 0.0338 e. The highest BCUT2D eigenvalue weighted by molar-refractivity contribution is 7.09. The monoisotopic (exact) mass is 294 g/mol. The van der Waals surface area contributed by atoms with Crippen molar-refractivity contribution in [3.05, 3.63) is 22.4 Å². The van der Waals surface area contributed by atoms with Gasteiger partial charge < -0.3 is 5.73 Å². The van der Waals surface area contributed by atoms with Crippen LogP contribution in [-0.2, 0) is 6.54 Å². The normalized spacial score (nSPS) is 28.0. The van der Waals surface area contributed by atoms with Crippen LogP contribution < -0.4 is 5.73 Å². The third-order valence-corrected chi connectivity index (χ3v) is 5.82. The Kier molecular flexibility index (Phi) is 5.65. The molecule has 0 spiro atoms. The Bertz CT molecular complexity index is 388. The summed E-state index contributed by atoms with van der Waals surface area (Å²) in [5.74, 6) is 0.860. The summed E-state index contributed by atoms with van der Waals surface area (Å²) in [6, 6.07) is 4.96. The molecule has 2 unspecified atom stereocenters. The maximum Gasteiger partial charge on any atom is 0.0338 e. The van der Waals surface area contributed by atoms with Gasteiger partial charge in [0.05, 0.1) is 0 Å². The van der Waals surface area contributed by atoms with Crippen LogP contribution in [0.2, 0.25) is 0 Å². The minimum absolute atomic E-state index is 0.211. The van der Waals surface area contributed by atoms with Crippen molar-refractivity contribution in [1.82, 2.24) is 4.90 Å². The molecule has 2 atom stereocenters. The van der Waals surface area contributed by atoms with Crippen LogP contribution in [0.3, 0.4) is 0 Å². The van der Waals surface area contributed by atoms with Crippen molar-refractivity contribution in [1.29, 1.82) is 0 Å². The van der Waals surface area contributed by atoms with Gasteiger partial charge in [-0.1, -0.05) is 25.8 Å². The topological polar surface area (TPSA) is 29.3 Å². The molecule has 1 saturated carbocycles. The number of rotatable bonds is 5. The molecular formula is C17H30N2S. The molecule has 1 aliphatic rings. The first kappa shape index (κ1) is 16.0. The Morgan fingerprint density at radius 3 is 2.80 bits per heavy atom. The van der Waals surface area contributed by atoms with E-state index in [9.17, 15) is 0 Å². The average molecular weight is 295 g/mol. The van der Waals surface area contributed by atoms with Crippen LogP contribution in [0.15, 0.2) is 17.5 Å². The maximum atomic E-state index is 6.28. The second kappa shape index (κ2) is 7.06. The van der Waals surface area contributed by atoms with Crippen molar-refractivity contribution in [2.75, 3.05) is 6.54 Å². The van der Waals surface area contributed by atoms with Gasteiger partial charge in [-0.05, 0) is 50.5 Å². The van der Waals surface area contributed by atoms with Crippen LogP contribution >= 0.6 is 11.3 Å². The molecule has 1 fully saturated rings. The Balaban J connectivity index is 2.19. The summed E-state index contributed by atoms with van der Waals surface area (Å²) in [5.41, 5.74) is 6.49. The first-order chi connectivity index (χ1) is 9.57. The van der Waals surface area contributed by atoms with E-state index in [2.05, 4.69) is 43.2 Å². The van der Waals surface area contributed by atoms with Gasteiger partial charge in [-0.2, -0.15) is 0 Å². The van der Waals surface area contributed by atoms with E-state index in [0.29, 0.717) is 6.04 Å². The van der Waals surface area contributed by atoms with Gasteiger partial charge in [-0.15, -0.1) is 11.3 Å². The highest BCUT2D eigenvalue weighted by Gasteiger charge is 2.38. The van der Waals surface area contributed by atoms with E-state index >= 15 is 0 Å². The number of hydrogen-bond donors (Lipinski definition) is 1. The van der Waals surface area contributed by atoms with Crippen LogP contribution in [0, 0.1) is 5.92 Å². The lowest BCUT2D eigenvalue weighted by molar-refractivity contribution is 0.0399. The van der Waals surface area contributed by atoms with Crippen molar-refractivity contribution in [2.45, 2.75) is 71.0 Å². The highest BCUT2D eigenvalue weighted by atomic mass is 32.1. The molecule has 1 aromatic rings. The predicted molar refractivity (Wildman–Crippen MR) is 89.0 cm³/mol. The number of thiophene rings is 1. The third-order valence-electron chi connectivity index (χ3n) is 4.96. The fourth-order valence-corrected chi connectivity index (χ4v) is 4.34. The summed E-state index contributed by atoms with van der Waals surface area (Å²) in [7, 11) is 0. The minimum Gasteiger partial charge on any atom is -0.329 e. The van der Waals surface area contributed by atoms with Gasteiger partial charge in [-0.3, -0.25) is 4.90 Å². The number of nitrogens with two attached hydrogens (primary N) is 1. The SMILES string of the molecule is CC1CCCC(CN)(N(Cc2cccs2)C(C)C)CC1. The molecule has 0 radical (unpaired) electrons. The zero-order chi connectivity index (χ0) is 14.6. The number of hydrogen-bond acceptors (Lipinski definition) is 3. The van der Waals surface area contributed by atoms with Crippen molar-refractivity contribution in [2.24, 2.45) is 11.7 Å². The molecule has 2 rings (SSSR count). The molecule has 1 aromatic heterocycles. The zero-order valence-electron chi connectivity index (χ0n) is 13.3. The van der Waals surface area contributed by atoms with Gasteiger partial charge in [0.15, 0.2) is 0 Å². The van der Waals surface area contributed by atoms with Crippen molar-refractivity contribution >= 4 is 11.3 Å². The summed E-state index contributed by atoms with van der Waals surface area (Å²) in [4.78, 5) is 4.14. The molecule has 0 aromatic carbocycles. The summed E-state index contributed by atoms with van der Waals surface area (Å²) < 4.78 is 0. The number of nitrogens with zero attached hydrogens (tertiary/aromatic N) is 1. The first-order valence-electron chi connectivity index (χ1n) is 8.06. The van der Waals surface area contributed by atoms with Crippen molar-refractivity contribution in [3.8, 4) is 0 Å². The average Bonchev–Trinajstić information content (AvgIpc) is 2.86. The predicted octanol–water partition coefficient (Wildman–Crippen LogP) is 4.26. The Morgan fingerprint density at radius 1 is 1.40 bits per heavy atom.